The number of hydrogen-bond donors (Lipinski definition) is 0. The Morgan fingerprint density at radius 3 is 2.25 bits per heavy atom. The van der Waals surface area contributed by atoms with E-state index in [0.717, 1.165) is 0 Å². The number of aromatic nitrogens is 2. The number of rotatable bonds is 1. The summed E-state index contributed by atoms with van der Waals surface area (Å²) in [7, 11) is 0. The van der Waals surface area contributed by atoms with E-state index in [0.29, 0.717) is 5.56 Å². The van der Waals surface area contributed by atoms with Crippen LogP contribution in [0.25, 0.3) is 22.3 Å². The Kier molecular flexibility index (Phi) is 3.28. The molecular formula is C14H6Cl2F2N2. The molecule has 0 atom stereocenters. The van der Waals surface area contributed by atoms with E-state index in [-0.39, 0.29) is 32.7 Å². The van der Waals surface area contributed by atoms with Crippen LogP contribution in [-0.4, -0.2) is 9.97 Å². The van der Waals surface area contributed by atoms with Crippen LogP contribution in [-0.2, 0) is 0 Å². The highest BCUT2D eigenvalue weighted by Gasteiger charge is 2.14. The summed E-state index contributed by atoms with van der Waals surface area (Å²) in [5, 5.41) is 0.593. The predicted octanol–water partition coefficient (Wildman–Crippen LogP) is 4.88. The lowest BCUT2D eigenvalue weighted by Gasteiger charge is -2.06. The monoisotopic (exact) mass is 310 g/mol. The zero-order valence-corrected chi connectivity index (χ0v) is 11.4. The highest BCUT2D eigenvalue weighted by Crippen LogP contribution is 2.31. The summed E-state index contributed by atoms with van der Waals surface area (Å²) in [6.07, 6.45) is 0. The van der Waals surface area contributed by atoms with Crippen LogP contribution >= 0.6 is 23.2 Å². The third-order valence-corrected chi connectivity index (χ3v) is 3.40. The van der Waals surface area contributed by atoms with Crippen LogP contribution in [0.2, 0.25) is 10.2 Å². The van der Waals surface area contributed by atoms with E-state index in [1.165, 1.54) is 36.4 Å². The van der Waals surface area contributed by atoms with Crippen LogP contribution in [0.5, 0.6) is 0 Å². The minimum atomic E-state index is -0.544. The average Bonchev–Trinajstić information content (AvgIpc) is 2.43. The van der Waals surface area contributed by atoms with Gasteiger partial charge in [-0.1, -0.05) is 23.2 Å². The molecule has 0 aliphatic carbocycles. The third-order valence-electron chi connectivity index (χ3n) is 2.81. The molecule has 0 spiro atoms. The summed E-state index contributed by atoms with van der Waals surface area (Å²) in [5.74, 6) is -0.712. The van der Waals surface area contributed by atoms with Crippen molar-refractivity contribution >= 4 is 34.1 Å². The van der Waals surface area contributed by atoms with E-state index in [9.17, 15) is 8.78 Å². The van der Waals surface area contributed by atoms with Gasteiger partial charge in [-0.05, 0) is 36.4 Å². The summed E-state index contributed by atoms with van der Waals surface area (Å²) in [5.41, 5.74) is 0.575. The Bertz CT molecular complexity index is 804. The molecule has 1 heterocycles. The quantitative estimate of drug-likeness (QED) is 0.598. The molecule has 0 amide bonds. The van der Waals surface area contributed by atoms with Gasteiger partial charge in [-0.25, -0.2) is 18.7 Å². The van der Waals surface area contributed by atoms with E-state index in [1.54, 1.807) is 0 Å². The number of nitrogens with zero attached hydrogens (tertiary/aromatic N) is 2. The summed E-state index contributed by atoms with van der Waals surface area (Å²) < 4.78 is 26.7. The molecule has 20 heavy (non-hydrogen) atoms. The van der Waals surface area contributed by atoms with Crippen molar-refractivity contribution in [3.63, 3.8) is 0 Å². The summed E-state index contributed by atoms with van der Waals surface area (Å²) in [4.78, 5) is 8.20. The normalized spacial score (nSPS) is 11.0. The molecular weight excluding hydrogens is 305 g/mol. The van der Waals surface area contributed by atoms with Gasteiger partial charge in [-0.3, -0.25) is 0 Å². The second-order valence-corrected chi connectivity index (χ2v) is 4.86. The van der Waals surface area contributed by atoms with Crippen molar-refractivity contribution in [2.75, 3.05) is 0 Å². The van der Waals surface area contributed by atoms with Crippen molar-refractivity contribution in [2.24, 2.45) is 0 Å². The molecule has 3 rings (SSSR count). The van der Waals surface area contributed by atoms with Gasteiger partial charge in [0.05, 0.1) is 10.4 Å². The van der Waals surface area contributed by atoms with Gasteiger partial charge in [-0.15, -0.1) is 0 Å². The zero-order chi connectivity index (χ0) is 14.3. The Hall–Kier alpha value is -1.78. The first kappa shape index (κ1) is 13.2. The van der Waals surface area contributed by atoms with Crippen LogP contribution in [0.3, 0.4) is 0 Å². The molecule has 2 aromatic carbocycles. The van der Waals surface area contributed by atoms with E-state index < -0.39 is 5.82 Å². The van der Waals surface area contributed by atoms with Gasteiger partial charge in [-0.2, -0.15) is 0 Å². The smallest absolute Gasteiger partial charge is 0.161 e. The number of hydrogen-bond acceptors (Lipinski definition) is 2. The van der Waals surface area contributed by atoms with Gasteiger partial charge in [0, 0.05) is 5.56 Å². The van der Waals surface area contributed by atoms with Crippen LogP contribution in [0.1, 0.15) is 0 Å². The lowest BCUT2D eigenvalue weighted by atomic mass is 10.2. The van der Waals surface area contributed by atoms with Gasteiger partial charge in [0.15, 0.2) is 5.82 Å². The summed E-state index contributed by atoms with van der Waals surface area (Å²) in [6.45, 7) is 0. The van der Waals surface area contributed by atoms with Crippen LogP contribution in [0.15, 0.2) is 36.4 Å². The fourth-order valence-corrected chi connectivity index (χ4v) is 2.42. The van der Waals surface area contributed by atoms with E-state index in [1.807, 2.05) is 0 Å². The SMILES string of the molecule is Fc1ccc(-c2nc(Cl)c3c(Cl)ccc(F)c3n2)cc1. The van der Waals surface area contributed by atoms with Crippen molar-refractivity contribution in [3.8, 4) is 11.4 Å². The first-order chi connectivity index (χ1) is 9.56. The molecule has 0 bridgehead atoms. The minimum absolute atomic E-state index is 0.0387. The molecule has 0 radical (unpaired) electrons. The van der Waals surface area contributed by atoms with Gasteiger partial charge in [0.1, 0.15) is 22.3 Å². The van der Waals surface area contributed by atoms with Crippen molar-refractivity contribution < 1.29 is 8.78 Å². The molecule has 3 aromatic rings. The largest absolute Gasteiger partial charge is 0.225 e. The second-order valence-electron chi connectivity index (χ2n) is 4.10. The molecule has 0 unspecified atom stereocenters. The second kappa shape index (κ2) is 4.96. The molecule has 0 saturated heterocycles. The minimum Gasteiger partial charge on any atom is -0.225 e. The predicted molar refractivity (Wildman–Crippen MR) is 74.9 cm³/mol. The Labute approximate surface area is 123 Å². The molecule has 100 valence electrons. The van der Waals surface area contributed by atoms with Gasteiger partial charge >= 0.3 is 0 Å². The van der Waals surface area contributed by atoms with Crippen LogP contribution < -0.4 is 0 Å². The molecule has 0 aliphatic rings. The topological polar surface area (TPSA) is 25.8 Å². The maximum absolute atomic E-state index is 13.8. The zero-order valence-electron chi connectivity index (χ0n) is 9.87. The number of halogens is 4. The van der Waals surface area contributed by atoms with Crippen molar-refractivity contribution in [2.45, 2.75) is 0 Å². The molecule has 2 nitrogen and oxygen atoms in total. The maximum Gasteiger partial charge on any atom is 0.161 e. The van der Waals surface area contributed by atoms with Gasteiger partial charge < -0.3 is 0 Å². The van der Waals surface area contributed by atoms with Crippen molar-refractivity contribution in [1.29, 1.82) is 0 Å². The molecule has 0 saturated carbocycles. The first-order valence-electron chi connectivity index (χ1n) is 5.63. The molecule has 0 aliphatic heterocycles. The standard InChI is InChI=1S/C14H6Cl2F2N2/c15-9-5-6-10(18)12-11(9)13(16)20-14(19-12)7-1-3-8(17)4-2-7/h1-6H. The fraction of sp³-hybridized carbons (Fsp3) is 0. The Balaban J connectivity index is 2.29. The molecule has 1 aromatic heterocycles. The van der Waals surface area contributed by atoms with Crippen LogP contribution in [0, 0.1) is 11.6 Å². The first-order valence-corrected chi connectivity index (χ1v) is 6.39. The van der Waals surface area contributed by atoms with Gasteiger partial charge in [0.2, 0.25) is 0 Å². The fourth-order valence-electron chi connectivity index (χ4n) is 1.85. The van der Waals surface area contributed by atoms with Gasteiger partial charge in [0.25, 0.3) is 0 Å². The van der Waals surface area contributed by atoms with Crippen molar-refractivity contribution in [1.82, 2.24) is 9.97 Å². The van der Waals surface area contributed by atoms with E-state index >= 15 is 0 Å². The maximum atomic E-state index is 13.8. The summed E-state index contributed by atoms with van der Waals surface area (Å²) in [6, 6.07) is 8.13. The van der Waals surface area contributed by atoms with E-state index in [2.05, 4.69) is 9.97 Å². The van der Waals surface area contributed by atoms with E-state index in [4.69, 9.17) is 23.2 Å². The lowest BCUT2D eigenvalue weighted by molar-refractivity contribution is 0.628. The lowest BCUT2D eigenvalue weighted by Crippen LogP contribution is -1.95. The summed E-state index contributed by atoms with van der Waals surface area (Å²) >= 11 is 12.0. The molecule has 6 heteroatoms. The highest BCUT2D eigenvalue weighted by molar-refractivity contribution is 6.41. The highest BCUT2D eigenvalue weighted by atomic mass is 35.5. The third kappa shape index (κ3) is 2.21. The van der Waals surface area contributed by atoms with Crippen molar-refractivity contribution in [3.05, 3.63) is 58.2 Å². The Morgan fingerprint density at radius 2 is 1.55 bits per heavy atom. The average molecular weight is 311 g/mol. The Morgan fingerprint density at radius 1 is 0.850 bits per heavy atom. The molecule has 0 fully saturated rings. The molecule has 0 N–H and O–H groups in total. The number of benzene rings is 2. The number of fused-ring (bicyclic) bond motifs is 1. The van der Waals surface area contributed by atoms with Crippen LogP contribution in [0.4, 0.5) is 8.78 Å².